The predicted molar refractivity (Wildman–Crippen MR) is 89.5 cm³/mol. The average molecular weight is 388 g/mol. The molecule has 7 heteroatoms. The Hall–Kier alpha value is -1.60. The van der Waals surface area contributed by atoms with E-state index in [-0.39, 0.29) is 0 Å². The maximum atomic E-state index is 12.1. The fraction of sp³-hybridized carbons (Fsp3) is 0.500. The van der Waals surface area contributed by atoms with Gasteiger partial charge in [-0.15, -0.1) is 0 Å². The van der Waals surface area contributed by atoms with Crippen molar-refractivity contribution in [2.45, 2.75) is 38.8 Å². The van der Waals surface area contributed by atoms with Gasteiger partial charge in [-0.05, 0) is 47.0 Å². The minimum absolute atomic E-state index is 0.444. The van der Waals surface area contributed by atoms with Crippen LogP contribution < -0.4 is 10.1 Å². The Morgan fingerprint density at radius 2 is 2.09 bits per heavy atom. The summed E-state index contributed by atoms with van der Waals surface area (Å²) in [6.45, 7) is 4.10. The molecule has 0 spiro atoms. The minimum atomic E-state index is -1.15. The summed E-state index contributed by atoms with van der Waals surface area (Å²) in [5.74, 6) is -1.02. The van der Waals surface area contributed by atoms with Crippen LogP contribution in [0.4, 0.5) is 0 Å². The summed E-state index contributed by atoms with van der Waals surface area (Å²) >= 11 is 3.31. The quantitative estimate of drug-likeness (QED) is 0.636. The van der Waals surface area contributed by atoms with Crippen LogP contribution in [-0.4, -0.2) is 36.8 Å². The Kier molecular flexibility index (Phi) is 8.05. The Bertz CT molecular complexity index is 549. The van der Waals surface area contributed by atoms with Crippen LogP contribution >= 0.6 is 15.9 Å². The molecule has 0 aliphatic rings. The molecule has 0 aliphatic carbocycles. The number of aliphatic carboxylic acids is 1. The SMILES string of the molecule is CCCCOC(C)C(=O)NC(C(=O)O)c1ccc(OC)c(Br)c1. The van der Waals surface area contributed by atoms with E-state index in [4.69, 9.17) is 9.47 Å². The monoisotopic (exact) mass is 387 g/mol. The Labute approximate surface area is 144 Å². The molecule has 1 aromatic rings. The molecule has 128 valence electrons. The van der Waals surface area contributed by atoms with E-state index in [9.17, 15) is 14.7 Å². The van der Waals surface area contributed by atoms with Gasteiger partial charge in [-0.3, -0.25) is 4.79 Å². The molecule has 0 saturated heterocycles. The number of carboxylic acid groups (broad SMARTS) is 1. The second-order valence-electron chi connectivity index (χ2n) is 5.04. The number of halogens is 1. The molecule has 0 radical (unpaired) electrons. The number of ether oxygens (including phenoxy) is 2. The number of hydrogen-bond acceptors (Lipinski definition) is 4. The summed E-state index contributed by atoms with van der Waals surface area (Å²) in [6, 6.07) is 3.70. The summed E-state index contributed by atoms with van der Waals surface area (Å²) in [6.07, 6.45) is 1.11. The molecular formula is C16H22BrNO5. The van der Waals surface area contributed by atoms with Gasteiger partial charge in [0.15, 0.2) is 6.04 Å². The summed E-state index contributed by atoms with van der Waals surface area (Å²) in [5, 5.41) is 11.9. The number of hydrogen-bond donors (Lipinski definition) is 2. The lowest BCUT2D eigenvalue weighted by molar-refractivity contribution is -0.144. The first-order chi connectivity index (χ1) is 10.9. The molecule has 0 fully saturated rings. The number of amides is 1. The van der Waals surface area contributed by atoms with Crippen LogP contribution in [0, 0.1) is 0 Å². The smallest absolute Gasteiger partial charge is 0.330 e. The summed E-state index contributed by atoms with van der Waals surface area (Å²) in [5.41, 5.74) is 0.444. The Morgan fingerprint density at radius 3 is 2.61 bits per heavy atom. The van der Waals surface area contributed by atoms with Crippen molar-refractivity contribution in [2.24, 2.45) is 0 Å². The summed E-state index contributed by atoms with van der Waals surface area (Å²) in [7, 11) is 1.52. The molecule has 0 heterocycles. The van der Waals surface area contributed by atoms with Gasteiger partial charge in [0.05, 0.1) is 11.6 Å². The highest BCUT2D eigenvalue weighted by Gasteiger charge is 2.25. The van der Waals surface area contributed by atoms with E-state index in [0.717, 1.165) is 12.8 Å². The average Bonchev–Trinajstić information content (AvgIpc) is 2.52. The van der Waals surface area contributed by atoms with Crippen molar-refractivity contribution >= 4 is 27.8 Å². The second kappa shape index (κ2) is 9.52. The molecule has 2 N–H and O–H groups in total. The Morgan fingerprint density at radius 1 is 1.39 bits per heavy atom. The third-order valence-electron chi connectivity index (χ3n) is 3.28. The summed E-state index contributed by atoms with van der Waals surface area (Å²) < 4.78 is 11.1. The molecule has 23 heavy (non-hydrogen) atoms. The van der Waals surface area contributed by atoms with Crippen molar-refractivity contribution in [3.05, 3.63) is 28.2 Å². The number of carbonyl (C=O) groups excluding carboxylic acids is 1. The zero-order valence-corrected chi connectivity index (χ0v) is 15.1. The number of rotatable bonds is 9. The number of nitrogens with one attached hydrogen (secondary N) is 1. The van der Waals surface area contributed by atoms with E-state index in [1.54, 1.807) is 25.1 Å². The first-order valence-corrected chi connectivity index (χ1v) is 8.18. The molecule has 1 rings (SSSR count). The number of unbranched alkanes of at least 4 members (excludes halogenated alkanes) is 1. The van der Waals surface area contributed by atoms with Gasteiger partial charge in [-0.2, -0.15) is 0 Å². The van der Waals surface area contributed by atoms with E-state index in [1.807, 2.05) is 6.92 Å². The number of methoxy groups -OCH3 is 1. The van der Waals surface area contributed by atoms with Gasteiger partial charge in [0.25, 0.3) is 0 Å². The van der Waals surface area contributed by atoms with E-state index in [2.05, 4.69) is 21.2 Å². The molecule has 2 unspecified atom stereocenters. The summed E-state index contributed by atoms with van der Waals surface area (Å²) in [4.78, 5) is 23.6. The molecule has 6 nitrogen and oxygen atoms in total. The molecule has 1 aromatic carbocycles. The van der Waals surface area contributed by atoms with Crippen LogP contribution in [0.5, 0.6) is 5.75 Å². The van der Waals surface area contributed by atoms with Crippen molar-refractivity contribution in [1.29, 1.82) is 0 Å². The van der Waals surface area contributed by atoms with Crippen LogP contribution in [0.25, 0.3) is 0 Å². The number of carboxylic acids is 1. The highest BCUT2D eigenvalue weighted by molar-refractivity contribution is 9.10. The first kappa shape index (κ1) is 19.4. The number of benzene rings is 1. The van der Waals surface area contributed by atoms with Crippen LogP contribution in [0.2, 0.25) is 0 Å². The normalized spacial score (nSPS) is 13.2. The third-order valence-corrected chi connectivity index (χ3v) is 3.90. The van der Waals surface area contributed by atoms with E-state index in [1.165, 1.54) is 7.11 Å². The van der Waals surface area contributed by atoms with Gasteiger partial charge in [0.2, 0.25) is 5.91 Å². The van der Waals surface area contributed by atoms with Crippen LogP contribution in [0.1, 0.15) is 38.3 Å². The van der Waals surface area contributed by atoms with Gasteiger partial charge in [-0.1, -0.05) is 19.4 Å². The van der Waals surface area contributed by atoms with E-state index in [0.29, 0.717) is 22.4 Å². The van der Waals surface area contributed by atoms with Crippen molar-refractivity contribution < 1.29 is 24.2 Å². The molecule has 0 aromatic heterocycles. The highest BCUT2D eigenvalue weighted by atomic mass is 79.9. The van der Waals surface area contributed by atoms with Gasteiger partial charge in [0.1, 0.15) is 11.9 Å². The maximum Gasteiger partial charge on any atom is 0.330 e. The van der Waals surface area contributed by atoms with E-state index >= 15 is 0 Å². The topological polar surface area (TPSA) is 84.9 Å². The van der Waals surface area contributed by atoms with Gasteiger partial charge in [0, 0.05) is 6.61 Å². The lowest BCUT2D eigenvalue weighted by Crippen LogP contribution is -2.40. The van der Waals surface area contributed by atoms with Gasteiger partial charge in [-0.25, -0.2) is 4.79 Å². The molecule has 0 saturated carbocycles. The van der Waals surface area contributed by atoms with E-state index < -0.39 is 24.0 Å². The lowest BCUT2D eigenvalue weighted by atomic mass is 10.1. The minimum Gasteiger partial charge on any atom is -0.496 e. The Balaban J connectivity index is 2.81. The maximum absolute atomic E-state index is 12.1. The number of carbonyl (C=O) groups is 2. The second-order valence-corrected chi connectivity index (χ2v) is 5.89. The standard InChI is InChI=1S/C16H22BrNO5/c1-4-5-8-23-10(2)15(19)18-14(16(20)21)11-6-7-13(22-3)12(17)9-11/h6-7,9-10,14H,4-5,8H2,1-3H3,(H,18,19)(H,20,21). The zero-order valence-electron chi connectivity index (χ0n) is 13.5. The highest BCUT2D eigenvalue weighted by Crippen LogP contribution is 2.28. The predicted octanol–water partition coefficient (Wildman–Crippen LogP) is 2.90. The van der Waals surface area contributed by atoms with Crippen molar-refractivity contribution in [3.63, 3.8) is 0 Å². The fourth-order valence-corrected chi connectivity index (χ4v) is 2.45. The molecular weight excluding hydrogens is 366 g/mol. The van der Waals surface area contributed by atoms with Gasteiger partial charge >= 0.3 is 5.97 Å². The van der Waals surface area contributed by atoms with Crippen LogP contribution in [0.15, 0.2) is 22.7 Å². The molecule has 1 amide bonds. The fourth-order valence-electron chi connectivity index (χ4n) is 1.89. The zero-order chi connectivity index (χ0) is 17.4. The molecule has 0 aliphatic heterocycles. The molecule has 0 bridgehead atoms. The van der Waals surface area contributed by atoms with Crippen molar-refractivity contribution in [2.75, 3.05) is 13.7 Å². The van der Waals surface area contributed by atoms with Crippen LogP contribution in [0.3, 0.4) is 0 Å². The lowest BCUT2D eigenvalue weighted by Gasteiger charge is -2.19. The van der Waals surface area contributed by atoms with Gasteiger partial charge < -0.3 is 19.9 Å². The van der Waals surface area contributed by atoms with Crippen molar-refractivity contribution in [1.82, 2.24) is 5.32 Å². The van der Waals surface area contributed by atoms with Crippen molar-refractivity contribution in [3.8, 4) is 5.75 Å². The third kappa shape index (κ3) is 5.84. The largest absolute Gasteiger partial charge is 0.496 e. The van der Waals surface area contributed by atoms with Crippen LogP contribution in [-0.2, 0) is 14.3 Å². The molecule has 2 atom stereocenters. The first-order valence-electron chi connectivity index (χ1n) is 7.38.